The normalized spacial score (nSPS) is 18.3. The van der Waals surface area contributed by atoms with Gasteiger partial charge in [0.2, 0.25) is 0 Å². The smallest absolute Gasteiger partial charge is 0.0138 e. The first kappa shape index (κ1) is 12.6. The van der Waals surface area contributed by atoms with Gasteiger partial charge >= 0.3 is 0 Å². The maximum atomic E-state index is 6.17. The average molecular weight is 231 g/mol. The minimum absolute atomic E-state index is 0.106. The lowest BCUT2D eigenvalue weighted by molar-refractivity contribution is 0.437. The third-order valence-corrected chi connectivity index (χ3v) is 3.75. The second kappa shape index (κ2) is 5.22. The Morgan fingerprint density at radius 1 is 1.12 bits per heavy atom. The van der Waals surface area contributed by atoms with Gasteiger partial charge in [-0.25, -0.2) is 0 Å². The molecule has 0 amide bonds. The molecule has 1 saturated carbocycles. The summed E-state index contributed by atoms with van der Waals surface area (Å²) in [6.07, 6.45) is 7.92. The number of hydrogen-bond acceptors (Lipinski definition) is 1. The van der Waals surface area contributed by atoms with Crippen molar-refractivity contribution in [3.63, 3.8) is 0 Å². The number of hydrogen-bond donors (Lipinski definition) is 1. The van der Waals surface area contributed by atoms with Crippen molar-refractivity contribution in [3.05, 3.63) is 35.4 Å². The summed E-state index contributed by atoms with van der Waals surface area (Å²) in [5.41, 5.74) is 9.09. The molecule has 2 N–H and O–H groups in total. The monoisotopic (exact) mass is 231 g/mol. The Kier molecular flexibility index (Phi) is 3.88. The first-order valence-corrected chi connectivity index (χ1v) is 6.93. The van der Waals surface area contributed by atoms with Crippen LogP contribution < -0.4 is 5.73 Å². The van der Waals surface area contributed by atoms with Crippen molar-refractivity contribution < 1.29 is 0 Å². The predicted octanol–water partition coefficient (Wildman–Crippen LogP) is 4.01. The summed E-state index contributed by atoms with van der Waals surface area (Å²) in [5, 5.41) is 0. The maximum absolute atomic E-state index is 6.17. The second-order valence-corrected chi connectivity index (χ2v) is 6.20. The highest BCUT2D eigenvalue weighted by molar-refractivity contribution is 5.32. The maximum Gasteiger partial charge on any atom is 0.0138 e. The van der Waals surface area contributed by atoms with Crippen LogP contribution in [-0.2, 0) is 6.42 Å². The Balaban J connectivity index is 2.20. The van der Waals surface area contributed by atoms with E-state index >= 15 is 0 Å². The summed E-state index contributed by atoms with van der Waals surface area (Å²) in [5.74, 6) is 0.780. The molecule has 1 aromatic rings. The van der Waals surface area contributed by atoms with Gasteiger partial charge in [-0.15, -0.1) is 0 Å². The molecule has 0 aromatic heterocycles. The highest BCUT2D eigenvalue weighted by atomic mass is 14.7. The topological polar surface area (TPSA) is 26.0 Å². The van der Waals surface area contributed by atoms with Gasteiger partial charge < -0.3 is 5.73 Å². The van der Waals surface area contributed by atoms with Crippen LogP contribution in [0.5, 0.6) is 0 Å². The Morgan fingerprint density at radius 2 is 1.76 bits per heavy atom. The molecule has 0 heterocycles. The van der Waals surface area contributed by atoms with Gasteiger partial charge in [0.1, 0.15) is 0 Å². The van der Waals surface area contributed by atoms with Crippen LogP contribution in [0.2, 0.25) is 0 Å². The third kappa shape index (κ3) is 3.57. The van der Waals surface area contributed by atoms with Gasteiger partial charge in [0, 0.05) is 5.54 Å². The van der Waals surface area contributed by atoms with Gasteiger partial charge in [-0.05, 0) is 50.2 Å². The van der Waals surface area contributed by atoms with E-state index in [0.29, 0.717) is 0 Å². The molecule has 0 spiro atoms. The number of rotatable bonds is 3. The van der Waals surface area contributed by atoms with E-state index in [9.17, 15) is 0 Å². The highest BCUT2D eigenvalue weighted by Crippen LogP contribution is 2.35. The largest absolute Gasteiger partial charge is 0.325 e. The minimum Gasteiger partial charge on any atom is -0.325 e. The van der Waals surface area contributed by atoms with Crippen molar-refractivity contribution in [3.8, 4) is 0 Å². The lowest BCUT2D eigenvalue weighted by Crippen LogP contribution is -2.34. The summed E-state index contributed by atoms with van der Waals surface area (Å²) in [4.78, 5) is 0. The number of benzene rings is 1. The summed E-state index contributed by atoms with van der Waals surface area (Å²) in [6.45, 7) is 4.23. The van der Waals surface area contributed by atoms with Crippen LogP contribution >= 0.6 is 0 Å². The molecule has 1 aliphatic carbocycles. The SMILES string of the molecule is CC(C)(N)Cc1ccccc1C1CCCCC1. The van der Waals surface area contributed by atoms with Crippen molar-refractivity contribution in [2.24, 2.45) is 5.73 Å². The van der Waals surface area contributed by atoms with Gasteiger partial charge in [0.15, 0.2) is 0 Å². The first-order valence-electron chi connectivity index (χ1n) is 6.93. The zero-order valence-electron chi connectivity index (χ0n) is 11.2. The molecule has 0 atom stereocenters. The molecule has 0 aliphatic heterocycles. The van der Waals surface area contributed by atoms with Gasteiger partial charge in [0.25, 0.3) is 0 Å². The van der Waals surface area contributed by atoms with E-state index in [0.717, 1.165) is 12.3 Å². The summed E-state index contributed by atoms with van der Waals surface area (Å²) >= 11 is 0. The lowest BCUT2D eigenvalue weighted by atomic mass is 9.80. The van der Waals surface area contributed by atoms with Crippen LogP contribution in [0.25, 0.3) is 0 Å². The van der Waals surface area contributed by atoms with Crippen molar-refractivity contribution in [1.29, 1.82) is 0 Å². The van der Waals surface area contributed by atoms with Gasteiger partial charge in [-0.3, -0.25) is 0 Å². The molecule has 1 aliphatic rings. The molecular weight excluding hydrogens is 206 g/mol. The predicted molar refractivity (Wildman–Crippen MR) is 74.2 cm³/mol. The Bertz CT molecular complexity index is 356. The van der Waals surface area contributed by atoms with E-state index in [4.69, 9.17) is 5.73 Å². The second-order valence-electron chi connectivity index (χ2n) is 6.20. The number of nitrogens with two attached hydrogens (primary N) is 1. The van der Waals surface area contributed by atoms with Crippen LogP contribution in [0, 0.1) is 0 Å². The van der Waals surface area contributed by atoms with Crippen LogP contribution in [0.1, 0.15) is 63.0 Å². The third-order valence-electron chi connectivity index (χ3n) is 3.75. The fourth-order valence-electron chi connectivity index (χ4n) is 3.00. The van der Waals surface area contributed by atoms with E-state index in [1.807, 2.05) is 0 Å². The Hall–Kier alpha value is -0.820. The van der Waals surface area contributed by atoms with Crippen molar-refractivity contribution >= 4 is 0 Å². The van der Waals surface area contributed by atoms with E-state index < -0.39 is 0 Å². The van der Waals surface area contributed by atoms with Crippen LogP contribution in [0.15, 0.2) is 24.3 Å². The first-order chi connectivity index (χ1) is 8.06. The van der Waals surface area contributed by atoms with Gasteiger partial charge in [-0.2, -0.15) is 0 Å². The molecule has 1 nitrogen and oxygen atoms in total. The molecule has 0 unspecified atom stereocenters. The van der Waals surface area contributed by atoms with Gasteiger partial charge in [0.05, 0.1) is 0 Å². The summed E-state index contributed by atoms with van der Waals surface area (Å²) in [7, 11) is 0. The highest BCUT2D eigenvalue weighted by Gasteiger charge is 2.20. The van der Waals surface area contributed by atoms with Crippen molar-refractivity contribution in [2.75, 3.05) is 0 Å². The van der Waals surface area contributed by atoms with Crippen LogP contribution in [-0.4, -0.2) is 5.54 Å². The zero-order valence-corrected chi connectivity index (χ0v) is 11.2. The molecule has 1 fully saturated rings. The quantitative estimate of drug-likeness (QED) is 0.835. The molecule has 17 heavy (non-hydrogen) atoms. The van der Waals surface area contributed by atoms with E-state index in [2.05, 4.69) is 38.1 Å². The molecule has 1 heteroatoms. The molecule has 0 radical (unpaired) electrons. The standard InChI is InChI=1S/C16H25N/c1-16(2,17)12-14-10-6-7-11-15(14)13-8-4-3-5-9-13/h6-7,10-11,13H,3-5,8-9,12,17H2,1-2H3. The minimum atomic E-state index is -0.106. The lowest BCUT2D eigenvalue weighted by Gasteiger charge is -2.27. The molecule has 0 bridgehead atoms. The fourth-order valence-corrected chi connectivity index (χ4v) is 3.00. The van der Waals surface area contributed by atoms with E-state index in [1.165, 1.54) is 37.7 Å². The van der Waals surface area contributed by atoms with E-state index in [-0.39, 0.29) is 5.54 Å². The van der Waals surface area contributed by atoms with Crippen molar-refractivity contribution in [1.82, 2.24) is 0 Å². The summed E-state index contributed by atoms with van der Waals surface area (Å²) in [6, 6.07) is 8.90. The van der Waals surface area contributed by atoms with E-state index in [1.54, 1.807) is 5.56 Å². The molecule has 2 rings (SSSR count). The molecule has 0 saturated heterocycles. The summed E-state index contributed by atoms with van der Waals surface area (Å²) < 4.78 is 0. The Morgan fingerprint density at radius 3 is 2.41 bits per heavy atom. The Labute approximate surface area is 105 Å². The molecule has 1 aromatic carbocycles. The zero-order chi connectivity index (χ0) is 12.3. The molecule has 94 valence electrons. The van der Waals surface area contributed by atoms with Crippen molar-refractivity contribution in [2.45, 2.75) is 63.8 Å². The van der Waals surface area contributed by atoms with Gasteiger partial charge in [-0.1, -0.05) is 43.5 Å². The molecular formula is C16H25N. The van der Waals surface area contributed by atoms with Crippen LogP contribution in [0.3, 0.4) is 0 Å². The average Bonchev–Trinajstić information content (AvgIpc) is 2.29. The fraction of sp³-hybridized carbons (Fsp3) is 0.625. The van der Waals surface area contributed by atoms with Crippen LogP contribution in [0.4, 0.5) is 0 Å².